The fraction of sp³-hybridized carbons (Fsp3) is 0.471. The van der Waals surface area contributed by atoms with Crippen LogP contribution in [0.2, 0.25) is 0 Å². The Bertz CT molecular complexity index is 569. The van der Waals surface area contributed by atoms with Gasteiger partial charge in [0.15, 0.2) is 0 Å². The molecule has 0 spiro atoms. The first-order chi connectivity index (χ1) is 9.43. The summed E-state index contributed by atoms with van der Waals surface area (Å²) in [7, 11) is 1.74. The van der Waals surface area contributed by atoms with Gasteiger partial charge in [-0.25, -0.2) is 0 Å². The second-order valence-corrected chi connectivity index (χ2v) is 6.38. The van der Waals surface area contributed by atoms with E-state index in [-0.39, 0.29) is 17.6 Å². The van der Waals surface area contributed by atoms with Gasteiger partial charge in [-0.3, -0.25) is 4.98 Å². The number of hydrogen-bond acceptors (Lipinski definition) is 3. The van der Waals surface area contributed by atoms with Crippen LogP contribution in [0.4, 0.5) is 0 Å². The van der Waals surface area contributed by atoms with E-state index >= 15 is 0 Å². The molecule has 2 unspecified atom stereocenters. The minimum absolute atomic E-state index is 0.0226. The molecule has 0 radical (unpaired) electrons. The number of pyridine rings is 1. The zero-order valence-corrected chi connectivity index (χ0v) is 12.8. The van der Waals surface area contributed by atoms with Crippen LogP contribution in [0.1, 0.15) is 26.3 Å². The molecule has 2 atom stereocenters. The van der Waals surface area contributed by atoms with Gasteiger partial charge in [-0.2, -0.15) is 0 Å². The van der Waals surface area contributed by atoms with Gasteiger partial charge in [0, 0.05) is 24.7 Å². The molecule has 3 heteroatoms. The van der Waals surface area contributed by atoms with Crippen molar-refractivity contribution in [1.29, 1.82) is 0 Å². The third-order valence-corrected chi connectivity index (χ3v) is 3.69. The van der Waals surface area contributed by atoms with Crippen molar-refractivity contribution >= 4 is 10.9 Å². The van der Waals surface area contributed by atoms with E-state index in [0.717, 1.165) is 11.9 Å². The average Bonchev–Trinajstić information content (AvgIpc) is 2.38. The number of fused-ring (bicyclic) bond motifs is 1. The Labute approximate surface area is 121 Å². The maximum Gasteiger partial charge on any atom is 0.0773 e. The molecule has 1 aromatic heterocycles. The van der Waals surface area contributed by atoms with Crippen molar-refractivity contribution in [3.63, 3.8) is 0 Å². The summed E-state index contributed by atoms with van der Waals surface area (Å²) in [6.07, 6.45) is 2.66. The quantitative estimate of drug-likeness (QED) is 0.930. The fourth-order valence-electron chi connectivity index (χ4n) is 2.86. The molecule has 1 heterocycles. The van der Waals surface area contributed by atoms with Crippen molar-refractivity contribution in [2.45, 2.75) is 39.3 Å². The summed E-state index contributed by atoms with van der Waals surface area (Å²) in [6, 6.07) is 10.2. The second-order valence-electron chi connectivity index (χ2n) is 6.38. The molecule has 2 N–H and O–H groups in total. The molecule has 2 rings (SSSR count). The zero-order valence-electron chi connectivity index (χ0n) is 12.8. The monoisotopic (exact) mass is 272 g/mol. The number of nitrogens with zero attached hydrogens (tertiary/aromatic N) is 1. The van der Waals surface area contributed by atoms with Gasteiger partial charge in [-0.1, -0.05) is 39.0 Å². The zero-order chi connectivity index (χ0) is 14.8. The molecule has 0 aliphatic carbocycles. The van der Waals surface area contributed by atoms with Gasteiger partial charge in [-0.05, 0) is 29.5 Å². The number of para-hydroxylation sites is 1. The van der Waals surface area contributed by atoms with Crippen molar-refractivity contribution < 1.29 is 4.74 Å². The van der Waals surface area contributed by atoms with Gasteiger partial charge < -0.3 is 10.5 Å². The molecule has 0 bridgehead atoms. The summed E-state index contributed by atoms with van der Waals surface area (Å²) in [5, 5.41) is 1.18. The maximum atomic E-state index is 6.39. The second kappa shape index (κ2) is 5.90. The first-order valence-electron chi connectivity index (χ1n) is 7.04. The van der Waals surface area contributed by atoms with Crippen molar-refractivity contribution in [1.82, 2.24) is 4.98 Å². The van der Waals surface area contributed by atoms with Gasteiger partial charge in [0.25, 0.3) is 0 Å². The van der Waals surface area contributed by atoms with E-state index < -0.39 is 0 Å². The summed E-state index contributed by atoms with van der Waals surface area (Å²) < 4.78 is 5.62. The molecular formula is C17H24N2O. The Morgan fingerprint density at radius 2 is 1.90 bits per heavy atom. The van der Waals surface area contributed by atoms with Crippen molar-refractivity contribution in [3.8, 4) is 0 Å². The van der Waals surface area contributed by atoms with E-state index in [1.54, 1.807) is 7.11 Å². The summed E-state index contributed by atoms with van der Waals surface area (Å²) in [4.78, 5) is 4.39. The molecule has 108 valence electrons. The van der Waals surface area contributed by atoms with Crippen LogP contribution in [-0.4, -0.2) is 24.2 Å². The normalized spacial score (nSPS) is 15.2. The number of rotatable bonds is 4. The molecule has 2 aromatic rings. The lowest BCUT2D eigenvalue weighted by molar-refractivity contribution is -0.00159. The lowest BCUT2D eigenvalue weighted by Crippen LogP contribution is -2.46. The highest BCUT2D eigenvalue weighted by molar-refractivity contribution is 5.81. The van der Waals surface area contributed by atoms with E-state index in [1.807, 2.05) is 24.4 Å². The van der Waals surface area contributed by atoms with Crippen LogP contribution >= 0.6 is 0 Å². The topological polar surface area (TPSA) is 48.1 Å². The van der Waals surface area contributed by atoms with Crippen LogP contribution < -0.4 is 5.73 Å². The van der Waals surface area contributed by atoms with Gasteiger partial charge >= 0.3 is 0 Å². The van der Waals surface area contributed by atoms with Crippen molar-refractivity contribution in [3.05, 3.63) is 42.1 Å². The summed E-state index contributed by atoms with van der Waals surface area (Å²) in [5.74, 6) is 0. The molecule has 0 aliphatic heterocycles. The molecule has 0 aliphatic rings. The molecule has 20 heavy (non-hydrogen) atoms. The minimum Gasteiger partial charge on any atom is -0.379 e. The van der Waals surface area contributed by atoms with Crippen LogP contribution in [0.25, 0.3) is 10.9 Å². The molecule has 0 fully saturated rings. The van der Waals surface area contributed by atoms with Gasteiger partial charge in [-0.15, -0.1) is 0 Å². The van der Waals surface area contributed by atoms with Crippen LogP contribution in [0.5, 0.6) is 0 Å². The van der Waals surface area contributed by atoms with E-state index in [0.29, 0.717) is 0 Å². The lowest BCUT2D eigenvalue weighted by atomic mass is 9.82. The average molecular weight is 272 g/mol. The molecule has 0 amide bonds. The maximum absolute atomic E-state index is 6.39. The van der Waals surface area contributed by atoms with Crippen LogP contribution in [0, 0.1) is 5.41 Å². The third kappa shape index (κ3) is 3.17. The lowest BCUT2D eigenvalue weighted by Gasteiger charge is -2.34. The largest absolute Gasteiger partial charge is 0.379 e. The SMILES string of the molecule is COC(C(N)Cc1ccnc2ccccc12)C(C)(C)C. The van der Waals surface area contributed by atoms with Gasteiger partial charge in [0.1, 0.15) is 0 Å². The Balaban J connectivity index is 2.28. The van der Waals surface area contributed by atoms with E-state index in [2.05, 4.69) is 37.9 Å². The summed E-state index contributed by atoms with van der Waals surface area (Å²) >= 11 is 0. The predicted octanol–water partition coefficient (Wildman–Crippen LogP) is 3.17. The number of nitrogens with two attached hydrogens (primary N) is 1. The molecular weight excluding hydrogens is 248 g/mol. The third-order valence-electron chi connectivity index (χ3n) is 3.69. The Hall–Kier alpha value is -1.45. The highest BCUT2D eigenvalue weighted by Crippen LogP contribution is 2.26. The highest BCUT2D eigenvalue weighted by atomic mass is 16.5. The number of ether oxygens (including phenoxy) is 1. The van der Waals surface area contributed by atoms with Gasteiger partial charge in [0.2, 0.25) is 0 Å². The standard InChI is InChI=1S/C17H24N2O/c1-17(2,3)16(20-4)14(18)11-12-9-10-19-15-8-6-5-7-13(12)15/h5-10,14,16H,11,18H2,1-4H3. The van der Waals surface area contributed by atoms with Crippen LogP contribution in [0.3, 0.4) is 0 Å². The molecule has 1 aromatic carbocycles. The van der Waals surface area contributed by atoms with E-state index in [4.69, 9.17) is 10.5 Å². The highest BCUT2D eigenvalue weighted by Gasteiger charge is 2.30. The fourth-order valence-corrected chi connectivity index (χ4v) is 2.86. The number of hydrogen-bond donors (Lipinski definition) is 1. The van der Waals surface area contributed by atoms with Gasteiger partial charge in [0.05, 0.1) is 11.6 Å². The Kier molecular flexibility index (Phi) is 4.41. The van der Waals surface area contributed by atoms with E-state index in [9.17, 15) is 0 Å². The smallest absolute Gasteiger partial charge is 0.0773 e. The Morgan fingerprint density at radius 1 is 1.20 bits per heavy atom. The summed E-state index contributed by atoms with van der Waals surface area (Å²) in [6.45, 7) is 6.48. The summed E-state index contributed by atoms with van der Waals surface area (Å²) in [5.41, 5.74) is 8.66. The van der Waals surface area contributed by atoms with Crippen LogP contribution in [0.15, 0.2) is 36.5 Å². The first-order valence-corrected chi connectivity index (χ1v) is 7.04. The molecule has 0 saturated heterocycles. The van der Waals surface area contributed by atoms with E-state index in [1.165, 1.54) is 10.9 Å². The number of benzene rings is 1. The predicted molar refractivity (Wildman–Crippen MR) is 83.7 cm³/mol. The van der Waals surface area contributed by atoms with Crippen molar-refractivity contribution in [2.24, 2.45) is 11.1 Å². The molecule has 3 nitrogen and oxygen atoms in total. The molecule has 0 saturated carbocycles. The number of methoxy groups -OCH3 is 1. The first kappa shape index (κ1) is 14.9. The Morgan fingerprint density at radius 3 is 2.55 bits per heavy atom. The van der Waals surface area contributed by atoms with Crippen molar-refractivity contribution in [2.75, 3.05) is 7.11 Å². The minimum atomic E-state index is -0.0363. The van der Waals surface area contributed by atoms with Crippen LogP contribution in [-0.2, 0) is 11.2 Å². The number of aromatic nitrogens is 1.